The first kappa shape index (κ1) is 19.2. The van der Waals surface area contributed by atoms with Crippen LogP contribution in [0.3, 0.4) is 0 Å². The molecule has 3 heterocycles. The van der Waals surface area contributed by atoms with E-state index in [1.54, 1.807) is 24.3 Å². The van der Waals surface area contributed by atoms with Crippen molar-refractivity contribution in [3.63, 3.8) is 0 Å². The van der Waals surface area contributed by atoms with E-state index in [-0.39, 0.29) is 42.5 Å². The van der Waals surface area contributed by atoms with E-state index in [1.165, 1.54) is 4.90 Å². The zero-order valence-electron chi connectivity index (χ0n) is 15.7. The van der Waals surface area contributed by atoms with E-state index >= 15 is 0 Å². The first-order valence-electron chi connectivity index (χ1n) is 9.69. The van der Waals surface area contributed by atoms with E-state index in [2.05, 4.69) is 10.2 Å². The molecule has 0 aromatic heterocycles. The van der Waals surface area contributed by atoms with Crippen molar-refractivity contribution in [3.8, 4) is 5.75 Å². The monoisotopic (exact) mass is 407 g/mol. The highest BCUT2D eigenvalue weighted by atomic mass is 32.2. The lowest BCUT2D eigenvalue weighted by Gasteiger charge is -2.35. The van der Waals surface area contributed by atoms with Crippen molar-refractivity contribution in [2.75, 3.05) is 42.6 Å². The minimum atomic E-state index is -3.19. The van der Waals surface area contributed by atoms with Gasteiger partial charge in [0.05, 0.1) is 23.2 Å². The third-order valence-corrected chi connectivity index (χ3v) is 7.36. The van der Waals surface area contributed by atoms with E-state index in [9.17, 15) is 18.0 Å². The first-order valence-corrected chi connectivity index (χ1v) is 11.5. The summed E-state index contributed by atoms with van der Waals surface area (Å²) in [5, 5.41) is 2.89. The van der Waals surface area contributed by atoms with Crippen LogP contribution in [0.2, 0.25) is 0 Å². The molecule has 2 saturated heterocycles. The summed E-state index contributed by atoms with van der Waals surface area (Å²) < 4.78 is 29.8. The predicted molar refractivity (Wildman–Crippen MR) is 104 cm³/mol. The van der Waals surface area contributed by atoms with Crippen LogP contribution in [0, 0.1) is 0 Å². The van der Waals surface area contributed by atoms with E-state index < -0.39 is 15.9 Å². The molecule has 3 aliphatic rings. The summed E-state index contributed by atoms with van der Waals surface area (Å²) in [6, 6.07) is 6.43. The SMILES string of the molecule is O=C(CN1C(=O)COc2ccccc21)NC1CS(=O)(=O)CC1N1CCCCC1. The van der Waals surface area contributed by atoms with Gasteiger partial charge in [-0.2, -0.15) is 0 Å². The van der Waals surface area contributed by atoms with Gasteiger partial charge in [-0.25, -0.2) is 8.42 Å². The van der Waals surface area contributed by atoms with Crippen molar-refractivity contribution in [1.29, 1.82) is 0 Å². The third-order valence-electron chi connectivity index (χ3n) is 5.64. The Balaban J connectivity index is 1.46. The van der Waals surface area contributed by atoms with Crippen molar-refractivity contribution >= 4 is 27.3 Å². The van der Waals surface area contributed by atoms with Crippen LogP contribution in [0.25, 0.3) is 0 Å². The van der Waals surface area contributed by atoms with Crippen molar-refractivity contribution in [2.45, 2.75) is 31.3 Å². The molecule has 2 fully saturated rings. The largest absolute Gasteiger partial charge is 0.482 e. The van der Waals surface area contributed by atoms with Gasteiger partial charge in [0.1, 0.15) is 12.3 Å². The fourth-order valence-corrected chi connectivity index (χ4v) is 6.25. The number of para-hydroxylation sites is 2. The Hall–Kier alpha value is -2.13. The number of amides is 2. The number of likely N-dealkylation sites (tertiary alicyclic amines) is 1. The Bertz CT molecular complexity index is 866. The number of fused-ring (bicyclic) bond motifs is 1. The van der Waals surface area contributed by atoms with Crippen LogP contribution in [0.1, 0.15) is 19.3 Å². The highest BCUT2D eigenvalue weighted by molar-refractivity contribution is 7.91. The minimum absolute atomic E-state index is 0.0481. The smallest absolute Gasteiger partial charge is 0.265 e. The fourth-order valence-electron chi connectivity index (χ4n) is 4.30. The average Bonchev–Trinajstić information content (AvgIpc) is 2.99. The Labute approximate surface area is 164 Å². The number of hydrogen-bond donors (Lipinski definition) is 1. The van der Waals surface area contributed by atoms with Crippen molar-refractivity contribution in [3.05, 3.63) is 24.3 Å². The maximum absolute atomic E-state index is 12.7. The predicted octanol–water partition coefficient (Wildman–Crippen LogP) is 0.180. The maximum atomic E-state index is 12.7. The number of hydrogen-bond acceptors (Lipinski definition) is 6. The minimum Gasteiger partial charge on any atom is -0.482 e. The molecular weight excluding hydrogens is 382 g/mol. The molecule has 1 aromatic rings. The van der Waals surface area contributed by atoms with E-state index in [0.717, 1.165) is 32.4 Å². The highest BCUT2D eigenvalue weighted by Gasteiger charge is 2.42. The summed E-state index contributed by atoms with van der Waals surface area (Å²) in [5.41, 5.74) is 0.556. The van der Waals surface area contributed by atoms with E-state index in [1.807, 2.05) is 0 Å². The van der Waals surface area contributed by atoms with Crippen LogP contribution in [0.4, 0.5) is 5.69 Å². The molecule has 0 radical (unpaired) electrons. The topological polar surface area (TPSA) is 96.0 Å². The van der Waals surface area contributed by atoms with Gasteiger partial charge >= 0.3 is 0 Å². The Morgan fingerprint density at radius 1 is 1.14 bits per heavy atom. The molecular formula is C19H25N3O5S. The number of nitrogens with one attached hydrogen (secondary N) is 1. The molecule has 0 spiro atoms. The number of rotatable bonds is 4. The van der Waals surface area contributed by atoms with E-state index in [0.29, 0.717) is 11.4 Å². The van der Waals surface area contributed by atoms with Gasteiger partial charge in [0.25, 0.3) is 5.91 Å². The van der Waals surface area contributed by atoms with Crippen LogP contribution in [-0.4, -0.2) is 75.0 Å². The molecule has 2 unspecified atom stereocenters. The zero-order valence-corrected chi connectivity index (χ0v) is 16.5. The zero-order chi connectivity index (χ0) is 19.7. The maximum Gasteiger partial charge on any atom is 0.265 e. The molecule has 9 heteroatoms. The van der Waals surface area contributed by atoms with Crippen LogP contribution in [-0.2, 0) is 19.4 Å². The lowest BCUT2D eigenvalue weighted by molar-refractivity contribution is -0.125. The van der Waals surface area contributed by atoms with Gasteiger partial charge in [0, 0.05) is 6.04 Å². The highest BCUT2D eigenvalue weighted by Crippen LogP contribution is 2.31. The Morgan fingerprint density at radius 3 is 2.68 bits per heavy atom. The molecule has 4 rings (SSSR count). The van der Waals surface area contributed by atoms with Crippen LogP contribution >= 0.6 is 0 Å². The molecule has 3 aliphatic heterocycles. The number of sulfone groups is 1. The van der Waals surface area contributed by atoms with Gasteiger partial charge in [0.15, 0.2) is 16.4 Å². The Kier molecular flexibility index (Phi) is 5.29. The normalized spacial score (nSPS) is 27.1. The number of nitrogens with zero attached hydrogens (tertiary/aromatic N) is 2. The van der Waals surface area contributed by atoms with Crippen molar-refractivity contribution in [1.82, 2.24) is 10.2 Å². The molecule has 8 nitrogen and oxygen atoms in total. The Morgan fingerprint density at radius 2 is 1.89 bits per heavy atom. The van der Waals surface area contributed by atoms with Gasteiger partial charge in [0.2, 0.25) is 5.91 Å². The molecule has 2 atom stereocenters. The van der Waals surface area contributed by atoms with Gasteiger partial charge < -0.3 is 10.1 Å². The van der Waals surface area contributed by atoms with E-state index in [4.69, 9.17) is 4.74 Å². The summed E-state index contributed by atoms with van der Waals surface area (Å²) in [6.45, 7) is 1.46. The molecule has 0 saturated carbocycles. The van der Waals surface area contributed by atoms with Crippen LogP contribution in [0.15, 0.2) is 24.3 Å². The number of carbonyl (C=O) groups excluding carboxylic acids is 2. The number of carbonyl (C=O) groups is 2. The summed E-state index contributed by atoms with van der Waals surface area (Å²) in [5.74, 6) is -0.0515. The van der Waals surface area contributed by atoms with Crippen molar-refractivity contribution in [2.24, 2.45) is 0 Å². The lowest BCUT2D eigenvalue weighted by Crippen LogP contribution is -2.54. The number of anilines is 1. The average molecular weight is 407 g/mol. The summed E-state index contributed by atoms with van der Waals surface area (Å²) in [4.78, 5) is 28.5. The second-order valence-electron chi connectivity index (χ2n) is 7.65. The lowest BCUT2D eigenvalue weighted by atomic mass is 10.0. The number of ether oxygens (including phenoxy) is 1. The van der Waals surface area contributed by atoms with Gasteiger partial charge in [-0.05, 0) is 38.1 Å². The fraction of sp³-hybridized carbons (Fsp3) is 0.579. The number of benzene rings is 1. The summed E-state index contributed by atoms with van der Waals surface area (Å²) >= 11 is 0. The molecule has 0 aliphatic carbocycles. The second-order valence-corrected chi connectivity index (χ2v) is 9.80. The molecule has 28 heavy (non-hydrogen) atoms. The molecule has 2 amide bonds. The summed E-state index contributed by atoms with van der Waals surface area (Å²) in [6.07, 6.45) is 3.26. The first-order chi connectivity index (χ1) is 13.4. The quantitative estimate of drug-likeness (QED) is 0.765. The van der Waals surface area contributed by atoms with Crippen molar-refractivity contribution < 1.29 is 22.7 Å². The van der Waals surface area contributed by atoms with Gasteiger partial charge in [-0.15, -0.1) is 0 Å². The number of piperidine rings is 1. The van der Waals surface area contributed by atoms with Gasteiger partial charge in [-0.1, -0.05) is 18.6 Å². The van der Waals surface area contributed by atoms with Crippen LogP contribution < -0.4 is 15.0 Å². The molecule has 0 bridgehead atoms. The molecule has 1 aromatic carbocycles. The summed E-state index contributed by atoms with van der Waals surface area (Å²) in [7, 11) is -3.19. The second kappa shape index (κ2) is 7.71. The molecule has 152 valence electrons. The van der Waals surface area contributed by atoms with Crippen LogP contribution in [0.5, 0.6) is 5.75 Å². The molecule has 1 N–H and O–H groups in total. The van der Waals surface area contributed by atoms with Gasteiger partial charge in [-0.3, -0.25) is 19.4 Å². The standard InChI is InChI=1S/C19H25N3O5S/c23-18(10-22-15-6-2-3-7-17(15)27-11-19(22)24)20-14-12-28(25,26)13-16(14)21-8-4-1-5-9-21/h2-3,6-7,14,16H,1,4-5,8-13H2,(H,20,23). The third kappa shape index (κ3) is 4.00.